The fourth-order valence-corrected chi connectivity index (χ4v) is 1.10. The van der Waals surface area contributed by atoms with E-state index in [1.54, 1.807) is 12.1 Å². The smallest absolute Gasteiger partial charge is 0.187 e. The number of pyridine rings is 2. The molecule has 0 atom stereocenters. The van der Waals surface area contributed by atoms with Crippen molar-refractivity contribution in [3.63, 3.8) is 0 Å². The largest absolute Gasteiger partial charge is 0.504 e. The first-order valence-electron chi connectivity index (χ1n) is 4.57. The molecule has 0 radical (unpaired) electrons. The van der Waals surface area contributed by atoms with Crippen LogP contribution in [0.4, 0.5) is 11.6 Å². The molecule has 0 amide bonds. The number of hydrogen-bond acceptors (Lipinski definition) is 6. The van der Waals surface area contributed by atoms with Crippen molar-refractivity contribution in [1.29, 1.82) is 0 Å². The topological polar surface area (TPSA) is 90.3 Å². The summed E-state index contributed by atoms with van der Waals surface area (Å²) in [6.45, 7) is 0. The number of hydrogen-bond donors (Lipinski definition) is 4. The summed E-state index contributed by atoms with van der Waals surface area (Å²) in [6.07, 6.45) is 3.06. The highest BCUT2D eigenvalue weighted by Gasteiger charge is 2.02. The summed E-state index contributed by atoms with van der Waals surface area (Å²) in [4.78, 5) is 7.78. The van der Waals surface area contributed by atoms with E-state index in [0.717, 1.165) is 0 Å². The molecule has 0 aliphatic carbocycles. The van der Waals surface area contributed by atoms with E-state index < -0.39 is 0 Å². The summed E-state index contributed by atoms with van der Waals surface area (Å²) < 4.78 is 0. The molecule has 4 N–H and O–H groups in total. The molecule has 6 nitrogen and oxygen atoms in total. The molecule has 16 heavy (non-hydrogen) atoms. The van der Waals surface area contributed by atoms with Crippen molar-refractivity contribution in [1.82, 2.24) is 9.97 Å². The predicted octanol–water partition coefficient (Wildman–Crippen LogP) is 1.33. The van der Waals surface area contributed by atoms with Crippen LogP contribution in [-0.4, -0.2) is 20.2 Å². The summed E-state index contributed by atoms with van der Waals surface area (Å²) in [7, 11) is 0. The van der Waals surface area contributed by atoms with Crippen LogP contribution in [0.15, 0.2) is 36.7 Å². The van der Waals surface area contributed by atoms with Gasteiger partial charge < -0.3 is 10.2 Å². The van der Waals surface area contributed by atoms with Crippen molar-refractivity contribution in [2.45, 2.75) is 0 Å². The Morgan fingerprint density at radius 3 is 1.62 bits per heavy atom. The Morgan fingerprint density at radius 2 is 1.25 bits per heavy atom. The van der Waals surface area contributed by atoms with Crippen LogP contribution in [0.3, 0.4) is 0 Å². The first kappa shape index (κ1) is 10.0. The second kappa shape index (κ2) is 4.35. The Bertz CT molecular complexity index is 444. The third-order valence-electron chi connectivity index (χ3n) is 1.87. The van der Waals surface area contributed by atoms with Gasteiger partial charge in [0.2, 0.25) is 0 Å². The number of nitrogens with one attached hydrogen (secondary N) is 2. The molecule has 0 saturated carbocycles. The van der Waals surface area contributed by atoms with E-state index >= 15 is 0 Å². The van der Waals surface area contributed by atoms with Crippen molar-refractivity contribution in [3.05, 3.63) is 36.7 Å². The maximum atomic E-state index is 9.41. The lowest BCUT2D eigenvalue weighted by Crippen LogP contribution is -2.11. The molecular weight excluding hydrogens is 208 g/mol. The molecule has 0 unspecified atom stereocenters. The summed E-state index contributed by atoms with van der Waals surface area (Å²) in [5.74, 6) is 0.524. The number of anilines is 2. The van der Waals surface area contributed by atoms with Crippen molar-refractivity contribution < 1.29 is 10.2 Å². The summed E-state index contributed by atoms with van der Waals surface area (Å²) in [5.41, 5.74) is 5.27. The fourth-order valence-electron chi connectivity index (χ4n) is 1.10. The lowest BCUT2D eigenvalue weighted by molar-refractivity contribution is 0.473. The van der Waals surface area contributed by atoms with E-state index in [1.165, 1.54) is 24.5 Å². The molecule has 2 rings (SSSR count). The fraction of sp³-hybridized carbons (Fsp3) is 0. The number of aromatic hydroxyl groups is 2. The molecule has 2 heterocycles. The van der Waals surface area contributed by atoms with E-state index in [2.05, 4.69) is 20.8 Å². The number of rotatable bonds is 3. The average Bonchev–Trinajstić information content (AvgIpc) is 2.30. The molecule has 0 aliphatic rings. The van der Waals surface area contributed by atoms with Crippen molar-refractivity contribution >= 4 is 11.6 Å². The number of aromatic nitrogens is 2. The van der Waals surface area contributed by atoms with Gasteiger partial charge in [0.15, 0.2) is 23.1 Å². The van der Waals surface area contributed by atoms with Gasteiger partial charge in [-0.2, -0.15) is 0 Å². The highest BCUT2D eigenvalue weighted by Crippen LogP contribution is 2.21. The van der Waals surface area contributed by atoms with Crippen molar-refractivity contribution in [2.75, 3.05) is 10.9 Å². The number of nitrogens with zero attached hydrogens (tertiary/aromatic N) is 2. The van der Waals surface area contributed by atoms with Gasteiger partial charge in [0, 0.05) is 12.4 Å². The Morgan fingerprint density at radius 1 is 0.812 bits per heavy atom. The van der Waals surface area contributed by atoms with Gasteiger partial charge in [-0.15, -0.1) is 0 Å². The van der Waals surface area contributed by atoms with Gasteiger partial charge in [-0.25, -0.2) is 9.97 Å². The Hall–Kier alpha value is -2.50. The van der Waals surface area contributed by atoms with Gasteiger partial charge in [-0.05, 0) is 24.3 Å². The minimum Gasteiger partial charge on any atom is -0.504 e. The predicted molar refractivity (Wildman–Crippen MR) is 59.0 cm³/mol. The van der Waals surface area contributed by atoms with Crippen LogP contribution < -0.4 is 10.9 Å². The molecule has 0 bridgehead atoms. The van der Waals surface area contributed by atoms with E-state index in [0.29, 0.717) is 0 Å². The maximum absolute atomic E-state index is 9.41. The zero-order chi connectivity index (χ0) is 11.4. The molecule has 6 heteroatoms. The molecule has 0 spiro atoms. The molecule has 2 aromatic heterocycles. The highest BCUT2D eigenvalue weighted by molar-refractivity contribution is 5.56. The summed E-state index contributed by atoms with van der Waals surface area (Å²) >= 11 is 0. The second-order valence-corrected chi connectivity index (χ2v) is 2.99. The normalized spacial score (nSPS) is 9.75. The van der Waals surface area contributed by atoms with Crippen LogP contribution in [0.5, 0.6) is 11.5 Å². The molecule has 0 aromatic carbocycles. The monoisotopic (exact) mass is 218 g/mol. The quantitative estimate of drug-likeness (QED) is 0.581. The lowest BCUT2D eigenvalue weighted by atomic mass is 10.4. The summed E-state index contributed by atoms with van der Waals surface area (Å²) in [5, 5.41) is 18.8. The Labute approximate surface area is 91.6 Å². The Balaban J connectivity index is 2.09. The molecule has 0 fully saturated rings. The third-order valence-corrected chi connectivity index (χ3v) is 1.87. The second-order valence-electron chi connectivity index (χ2n) is 2.99. The van der Waals surface area contributed by atoms with E-state index in [9.17, 15) is 10.2 Å². The first-order chi connectivity index (χ1) is 7.77. The standard InChI is InChI=1S/C10H10N4O2/c15-7-3-1-5-11-9(7)13-14-10-8(16)4-2-6-12-10/h1-6,15-16H,(H,11,13)(H,12,14). The zero-order valence-electron chi connectivity index (χ0n) is 8.25. The van der Waals surface area contributed by atoms with Crippen LogP contribution in [0.25, 0.3) is 0 Å². The molecule has 0 saturated heterocycles. The molecule has 0 aliphatic heterocycles. The van der Waals surface area contributed by atoms with Crippen molar-refractivity contribution in [2.24, 2.45) is 0 Å². The van der Waals surface area contributed by atoms with Crippen molar-refractivity contribution in [3.8, 4) is 11.5 Å². The number of hydrazine groups is 1. The lowest BCUT2D eigenvalue weighted by Gasteiger charge is -2.09. The third kappa shape index (κ3) is 2.11. The van der Waals surface area contributed by atoms with Gasteiger partial charge in [0.25, 0.3) is 0 Å². The van der Waals surface area contributed by atoms with E-state index in [-0.39, 0.29) is 23.1 Å². The highest BCUT2D eigenvalue weighted by atomic mass is 16.3. The maximum Gasteiger partial charge on any atom is 0.187 e. The van der Waals surface area contributed by atoms with Crippen LogP contribution in [0.1, 0.15) is 0 Å². The molecule has 82 valence electrons. The first-order valence-corrected chi connectivity index (χ1v) is 4.57. The average molecular weight is 218 g/mol. The van der Waals surface area contributed by atoms with Crippen LogP contribution >= 0.6 is 0 Å². The van der Waals surface area contributed by atoms with Crippen LogP contribution in [0, 0.1) is 0 Å². The van der Waals surface area contributed by atoms with E-state index in [4.69, 9.17) is 0 Å². The van der Waals surface area contributed by atoms with E-state index in [1.807, 2.05) is 0 Å². The van der Waals surface area contributed by atoms with Gasteiger partial charge in [0.1, 0.15) is 0 Å². The molecular formula is C10H10N4O2. The van der Waals surface area contributed by atoms with Crippen LogP contribution in [-0.2, 0) is 0 Å². The Kier molecular flexibility index (Phi) is 2.73. The van der Waals surface area contributed by atoms with Gasteiger partial charge in [0.05, 0.1) is 0 Å². The SMILES string of the molecule is Oc1cccnc1NNc1ncccc1O. The zero-order valence-corrected chi connectivity index (χ0v) is 8.25. The van der Waals surface area contributed by atoms with Gasteiger partial charge in [-0.1, -0.05) is 0 Å². The van der Waals surface area contributed by atoms with Gasteiger partial charge >= 0.3 is 0 Å². The summed E-state index contributed by atoms with van der Waals surface area (Å²) in [6, 6.07) is 6.21. The van der Waals surface area contributed by atoms with Gasteiger partial charge in [-0.3, -0.25) is 10.9 Å². The minimum atomic E-state index is 0.00502. The minimum absolute atomic E-state index is 0.00502. The van der Waals surface area contributed by atoms with Crippen LogP contribution in [0.2, 0.25) is 0 Å². The molecule has 2 aromatic rings.